The Hall–Kier alpha value is -5.80. The molecule has 9 heteroatoms. The van der Waals surface area contributed by atoms with Crippen molar-refractivity contribution in [2.45, 2.75) is 17.7 Å². The van der Waals surface area contributed by atoms with Crippen molar-refractivity contribution in [2.24, 2.45) is 0 Å². The maximum Gasteiger partial charge on any atom is 0.272 e. The van der Waals surface area contributed by atoms with Gasteiger partial charge in [0.05, 0.1) is 31.3 Å². The molecule has 5 aromatic carbocycles. The van der Waals surface area contributed by atoms with E-state index < -0.39 is 11.8 Å². The minimum absolute atomic E-state index is 0.0120. The molecular formula is C40H35N3O5S. The number of ether oxygens (including phenoxy) is 2. The van der Waals surface area contributed by atoms with Gasteiger partial charge in [-0.15, -0.1) is 11.8 Å². The van der Waals surface area contributed by atoms with Crippen LogP contribution in [0.15, 0.2) is 132 Å². The van der Waals surface area contributed by atoms with Gasteiger partial charge in [-0.05, 0) is 90.7 Å². The lowest BCUT2D eigenvalue weighted by Crippen LogP contribution is -2.30. The lowest BCUT2D eigenvalue weighted by atomic mass is 10.0. The van der Waals surface area contributed by atoms with Crippen molar-refractivity contribution < 1.29 is 23.9 Å². The van der Waals surface area contributed by atoms with Crippen LogP contribution in [-0.2, 0) is 22.4 Å². The van der Waals surface area contributed by atoms with Gasteiger partial charge in [0.25, 0.3) is 11.8 Å². The summed E-state index contributed by atoms with van der Waals surface area (Å²) < 4.78 is 10.8. The number of carbonyl (C=O) groups is 3. The first kappa shape index (κ1) is 33.1. The second kappa shape index (κ2) is 15.4. The summed E-state index contributed by atoms with van der Waals surface area (Å²) >= 11 is 1.43. The number of anilines is 3. The van der Waals surface area contributed by atoms with Crippen LogP contribution in [0.25, 0.3) is 6.08 Å². The van der Waals surface area contributed by atoms with E-state index in [-0.39, 0.29) is 17.4 Å². The predicted octanol–water partition coefficient (Wildman–Crippen LogP) is 7.67. The molecule has 5 aromatic rings. The Labute approximate surface area is 289 Å². The van der Waals surface area contributed by atoms with Crippen LogP contribution in [0.2, 0.25) is 0 Å². The summed E-state index contributed by atoms with van der Waals surface area (Å²) in [6, 6.07) is 37.3. The second-order valence-electron chi connectivity index (χ2n) is 11.2. The maximum absolute atomic E-state index is 13.8. The third-order valence-corrected chi connectivity index (χ3v) is 9.12. The summed E-state index contributed by atoms with van der Waals surface area (Å²) in [5.41, 5.74) is 5.68. The summed E-state index contributed by atoms with van der Waals surface area (Å²) in [5.74, 6) is 0.339. The second-order valence-corrected chi connectivity index (χ2v) is 12.3. The summed E-state index contributed by atoms with van der Waals surface area (Å²) in [4.78, 5) is 43.1. The molecule has 0 saturated heterocycles. The number of nitrogens with zero attached hydrogens (tertiary/aromatic N) is 1. The van der Waals surface area contributed by atoms with Crippen molar-refractivity contribution in [3.8, 4) is 11.5 Å². The van der Waals surface area contributed by atoms with Crippen LogP contribution < -0.4 is 25.0 Å². The third-order valence-electron chi connectivity index (χ3n) is 8.12. The van der Waals surface area contributed by atoms with Crippen LogP contribution in [0.3, 0.4) is 0 Å². The Kier molecular flexibility index (Phi) is 10.4. The molecule has 246 valence electrons. The van der Waals surface area contributed by atoms with Gasteiger partial charge in [-0.1, -0.05) is 54.6 Å². The van der Waals surface area contributed by atoms with Gasteiger partial charge in [0.15, 0.2) is 0 Å². The molecule has 1 aliphatic rings. The SMILES string of the molecule is COc1ccc(/C=C(\NC(=O)c2ccccc2)C(=O)Nc2ccc(SCC(=O)N3c4ccccc4CCc4ccccc43)cc2)c(OC)c1. The number of carbonyl (C=O) groups excluding carboxylic acids is 3. The topological polar surface area (TPSA) is 97.0 Å². The van der Waals surface area contributed by atoms with Gasteiger partial charge < -0.3 is 20.1 Å². The van der Waals surface area contributed by atoms with Gasteiger partial charge in [-0.25, -0.2) is 0 Å². The number of thioether (sulfide) groups is 1. The van der Waals surface area contributed by atoms with Crippen molar-refractivity contribution in [3.63, 3.8) is 0 Å². The molecule has 1 aliphatic heterocycles. The number of hydrogen-bond acceptors (Lipinski definition) is 6. The van der Waals surface area contributed by atoms with E-state index in [1.165, 1.54) is 18.9 Å². The van der Waals surface area contributed by atoms with Crippen molar-refractivity contribution in [2.75, 3.05) is 30.2 Å². The number of fused-ring (bicyclic) bond motifs is 2. The lowest BCUT2D eigenvalue weighted by molar-refractivity contribution is -0.115. The summed E-state index contributed by atoms with van der Waals surface area (Å²) in [7, 11) is 3.08. The average molecular weight is 670 g/mol. The highest BCUT2D eigenvalue weighted by atomic mass is 32.2. The van der Waals surface area contributed by atoms with E-state index >= 15 is 0 Å². The monoisotopic (exact) mass is 669 g/mol. The van der Waals surface area contributed by atoms with E-state index in [0.717, 1.165) is 40.2 Å². The largest absolute Gasteiger partial charge is 0.497 e. The van der Waals surface area contributed by atoms with Gasteiger partial charge >= 0.3 is 0 Å². The molecule has 2 N–H and O–H groups in total. The van der Waals surface area contributed by atoms with E-state index in [0.29, 0.717) is 28.3 Å². The fourth-order valence-corrected chi connectivity index (χ4v) is 6.37. The molecule has 0 bridgehead atoms. The maximum atomic E-state index is 13.8. The highest BCUT2D eigenvalue weighted by molar-refractivity contribution is 8.00. The highest BCUT2D eigenvalue weighted by Gasteiger charge is 2.25. The van der Waals surface area contributed by atoms with Crippen molar-refractivity contribution in [3.05, 3.63) is 149 Å². The number of benzene rings is 5. The number of methoxy groups -OCH3 is 2. The normalized spacial score (nSPS) is 12.2. The first-order chi connectivity index (χ1) is 23.9. The number of para-hydroxylation sites is 2. The van der Waals surface area contributed by atoms with Crippen LogP contribution in [-0.4, -0.2) is 37.7 Å². The molecule has 1 heterocycles. The third kappa shape index (κ3) is 7.85. The van der Waals surface area contributed by atoms with Crippen LogP contribution in [0, 0.1) is 0 Å². The molecule has 0 unspecified atom stereocenters. The number of aryl methyl sites for hydroxylation is 2. The van der Waals surface area contributed by atoms with E-state index in [2.05, 4.69) is 22.8 Å². The van der Waals surface area contributed by atoms with Gasteiger partial charge in [-0.3, -0.25) is 19.3 Å². The Morgan fingerprint density at radius 3 is 2.02 bits per heavy atom. The Morgan fingerprint density at radius 2 is 1.39 bits per heavy atom. The molecule has 0 aliphatic carbocycles. The minimum Gasteiger partial charge on any atom is -0.497 e. The Morgan fingerprint density at radius 1 is 0.755 bits per heavy atom. The molecule has 0 radical (unpaired) electrons. The van der Waals surface area contributed by atoms with Gasteiger partial charge in [0.2, 0.25) is 5.91 Å². The first-order valence-corrected chi connectivity index (χ1v) is 16.7. The Balaban J connectivity index is 1.17. The van der Waals surface area contributed by atoms with Gasteiger partial charge in [0, 0.05) is 27.8 Å². The molecule has 3 amide bonds. The molecule has 0 fully saturated rings. The molecule has 0 saturated carbocycles. The van der Waals surface area contributed by atoms with Crippen molar-refractivity contribution >= 4 is 52.6 Å². The Bertz CT molecular complexity index is 1960. The number of nitrogens with one attached hydrogen (secondary N) is 2. The summed E-state index contributed by atoms with van der Waals surface area (Å²) in [5, 5.41) is 5.63. The molecule has 0 spiro atoms. The summed E-state index contributed by atoms with van der Waals surface area (Å²) in [6.45, 7) is 0. The zero-order chi connectivity index (χ0) is 34.2. The molecule has 8 nitrogen and oxygen atoms in total. The smallest absolute Gasteiger partial charge is 0.272 e. The van der Waals surface area contributed by atoms with E-state index in [4.69, 9.17) is 9.47 Å². The summed E-state index contributed by atoms with van der Waals surface area (Å²) in [6.07, 6.45) is 3.30. The number of rotatable bonds is 10. The van der Waals surface area contributed by atoms with Gasteiger partial charge in [0.1, 0.15) is 17.2 Å². The molecule has 0 atom stereocenters. The first-order valence-electron chi connectivity index (χ1n) is 15.8. The molecule has 49 heavy (non-hydrogen) atoms. The van der Waals surface area contributed by atoms with E-state index in [1.807, 2.05) is 59.5 Å². The average Bonchev–Trinajstić information content (AvgIpc) is 3.31. The van der Waals surface area contributed by atoms with E-state index in [1.54, 1.807) is 67.8 Å². The predicted molar refractivity (Wildman–Crippen MR) is 195 cm³/mol. The number of amides is 3. The fraction of sp³-hybridized carbons (Fsp3) is 0.125. The standard InChI is InChI=1S/C40H35N3O5S/c1-47-32-21-18-30(37(25-32)48-2)24-34(42-39(45)29-12-4-3-5-13-29)40(46)41-31-19-22-33(23-20-31)49-26-38(44)43-35-14-8-6-10-27(35)16-17-28-11-7-9-15-36(28)43/h3-15,18-25H,16-17,26H2,1-2H3,(H,41,46)(H,42,45)/b34-24-. The zero-order valence-corrected chi connectivity index (χ0v) is 28.0. The van der Waals surface area contributed by atoms with Crippen LogP contribution >= 0.6 is 11.8 Å². The lowest BCUT2D eigenvalue weighted by Gasteiger charge is -2.25. The highest BCUT2D eigenvalue weighted by Crippen LogP contribution is 2.37. The van der Waals surface area contributed by atoms with Gasteiger partial charge in [-0.2, -0.15) is 0 Å². The van der Waals surface area contributed by atoms with Crippen LogP contribution in [0.5, 0.6) is 11.5 Å². The van der Waals surface area contributed by atoms with Crippen LogP contribution in [0.1, 0.15) is 27.0 Å². The molecule has 6 rings (SSSR count). The van der Waals surface area contributed by atoms with Crippen molar-refractivity contribution in [1.29, 1.82) is 0 Å². The molecular weight excluding hydrogens is 635 g/mol. The minimum atomic E-state index is -0.517. The fourth-order valence-electron chi connectivity index (χ4n) is 5.63. The zero-order valence-electron chi connectivity index (χ0n) is 27.1. The molecule has 0 aromatic heterocycles. The number of hydrogen-bond donors (Lipinski definition) is 2. The van der Waals surface area contributed by atoms with Crippen LogP contribution in [0.4, 0.5) is 17.1 Å². The van der Waals surface area contributed by atoms with Crippen molar-refractivity contribution in [1.82, 2.24) is 5.32 Å². The van der Waals surface area contributed by atoms with E-state index in [9.17, 15) is 14.4 Å². The quantitative estimate of drug-likeness (QED) is 0.117.